The number of hydrogen-bond donors (Lipinski definition) is 0. The number of ether oxygens (including phenoxy) is 1. The van der Waals surface area contributed by atoms with Crippen LogP contribution in [0.25, 0.3) is 0 Å². The summed E-state index contributed by atoms with van der Waals surface area (Å²) >= 11 is 0. The average Bonchev–Trinajstić information content (AvgIpc) is 2.78. The Morgan fingerprint density at radius 3 is 3.00 bits per heavy atom. The highest BCUT2D eigenvalue weighted by Crippen LogP contribution is 2.20. The monoisotopic (exact) mass is 251 g/mol. The van der Waals surface area contributed by atoms with Crippen molar-refractivity contribution in [2.45, 2.75) is 39.2 Å². The van der Waals surface area contributed by atoms with Crippen LogP contribution >= 0.6 is 0 Å². The van der Waals surface area contributed by atoms with Gasteiger partial charge in [0.1, 0.15) is 11.5 Å². The summed E-state index contributed by atoms with van der Waals surface area (Å²) < 4.78 is 11.1. The smallest absolute Gasteiger partial charge is 0.118 e. The van der Waals surface area contributed by atoms with E-state index in [2.05, 4.69) is 24.0 Å². The number of methoxy groups -OCH3 is 1. The van der Waals surface area contributed by atoms with Crippen LogP contribution in [0, 0.1) is 5.92 Å². The van der Waals surface area contributed by atoms with E-state index in [9.17, 15) is 0 Å². The van der Waals surface area contributed by atoms with Gasteiger partial charge in [0, 0.05) is 20.1 Å². The number of furan rings is 1. The molecule has 1 aromatic rings. The summed E-state index contributed by atoms with van der Waals surface area (Å²) in [6, 6.07) is 4.25. The topological polar surface area (TPSA) is 25.6 Å². The Morgan fingerprint density at radius 1 is 1.39 bits per heavy atom. The van der Waals surface area contributed by atoms with E-state index >= 15 is 0 Å². The second kappa shape index (κ2) is 6.95. The summed E-state index contributed by atoms with van der Waals surface area (Å²) in [5, 5.41) is 0. The lowest BCUT2D eigenvalue weighted by Gasteiger charge is -2.31. The Balaban J connectivity index is 1.84. The second-order valence-corrected chi connectivity index (χ2v) is 5.32. The third-order valence-electron chi connectivity index (χ3n) is 3.60. The van der Waals surface area contributed by atoms with Gasteiger partial charge in [-0.3, -0.25) is 4.90 Å². The molecule has 1 aliphatic rings. The molecule has 0 amide bonds. The quantitative estimate of drug-likeness (QED) is 0.777. The van der Waals surface area contributed by atoms with Crippen LogP contribution < -0.4 is 0 Å². The predicted octanol–water partition coefficient (Wildman–Crippen LogP) is 3.09. The maximum Gasteiger partial charge on any atom is 0.118 e. The fraction of sp³-hybridized carbons (Fsp3) is 0.733. The summed E-state index contributed by atoms with van der Waals surface area (Å²) in [4.78, 5) is 2.49. The van der Waals surface area contributed by atoms with Crippen LogP contribution in [-0.2, 0) is 17.7 Å². The van der Waals surface area contributed by atoms with Crippen molar-refractivity contribution >= 4 is 0 Å². The zero-order chi connectivity index (χ0) is 12.8. The number of hydrogen-bond acceptors (Lipinski definition) is 3. The molecule has 1 fully saturated rings. The van der Waals surface area contributed by atoms with Crippen molar-refractivity contribution in [2.24, 2.45) is 5.92 Å². The summed E-state index contributed by atoms with van der Waals surface area (Å²) in [6.07, 6.45) is 4.76. The lowest BCUT2D eigenvalue weighted by Crippen LogP contribution is -2.36. The Hall–Kier alpha value is -0.800. The second-order valence-electron chi connectivity index (χ2n) is 5.32. The molecule has 0 bridgehead atoms. The van der Waals surface area contributed by atoms with E-state index in [0.29, 0.717) is 5.92 Å². The average molecular weight is 251 g/mol. The first kappa shape index (κ1) is 13.6. The zero-order valence-electron chi connectivity index (χ0n) is 11.7. The minimum atomic E-state index is 0.689. The molecule has 0 aliphatic carbocycles. The molecule has 18 heavy (non-hydrogen) atoms. The first-order valence-corrected chi connectivity index (χ1v) is 7.10. The van der Waals surface area contributed by atoms with Gasteiger partial charge in [0.2, 0.25) is 0 Å². The summed E-state index contributed by atoms with van der Waals surface area (Å²) in [5.74, 6) is 2.92. The number of piperidine rings is 1. The Kier molecular flexibility index (Phi) is 5.26. The van der Waals surface area contributed by atoms with Gasteiger partial charge in [-0.15, -0.1) is 0 Å². The van der Waals surface area contributed by atoms with Gasteiger partial charge < -0.3 is 9.15 Å². The Bertz CT molecular complexity index is 346. The van der Waals surface area contributed by atoms with E-state index in [-0.39, 0.29) is 0 Å². The lowest BCUT2D eigenvalue weighted by molar-refractivity contribution is 0.0838. The number of likely N-dealkylation sites (tertiary alicyclic amines) is 1. The maximum absolute atomic E-state index is 5.85. The molecule has 3 nitrogen and oxygen atoms in total. The van der Waals surface area contributed by atoms with Crippen molar-refractivity contribution in [3.8, 4) is 0 Å². The molecule has 0 spiro atoms. The predicted molar refractivity (Wildman–Crippen MR) is 72.6 cm³/mol. The third-order valence-corrected chi connectivity index (χ3v) is 3.60. The van der Waals surface area contributed by atoms with Crippen LogP contribution in [0.2, 0.25) is 0 Å². The van der Waals surface area contributed by atoms with Gasteiger partial charge in [0.25, 0.3) is 0 Å². The third kappa shape index (κ3) is 3.85. The van der Waals surface area contributed by atoms with E-state index in [1.165, 1.54) is 19.4 Å². The van der Waals surface area contributed by atoms with Gasteiger partial charge >= 0.3 is 0 Å². The molecule has 102 valence electrons. The fourth-order valence-electron chi connectivity index (χ4n) is 2.78. The number of rotatable bonds is 6. The van der Waals surface area contributed by atoms with Crippen LogP contribution in [0.1, 0.15) is 37.7 Å². The van der Waals surface area contributed by atoms with E-state index in [4.69, 9.17) is 9.15 Å². The van der Waals surface area contributed by atoms with E-state index in [1.807, 2.05) is 0 Å². The van der Waals surface area contributed by atoms with Crippen molar-refractivity contribution in [1.29, 1.82) is 0 Å². The maximum atomic E-state index is 5.85. The van der Waals surface area contributed by atoms with Gasteiger partial charge in [-0.2, -0.15) is 0 Å². The molecule has 0 N–H and O–H groups in total. The largest absolute Gasteiger partial charge is 0.465 e. The minimum Gasteiger partial charge on any atom is -0.465 e. The highest BCUT2D eigenvalue weighted by atomic mass is 16.5. The molecule has 0 unspecified atom stereocenters. The van der Waals surface area contributed by atoms with Crippen LogP contribution in [0.4, 0.5) is 0 Å². The van der Waals surface area contributed by atoms with Crippen LogP contribution in [-0.4, -0.2) is 31.7 Å². The van der Waals surface area contributed by atoms with Gasteiger partial charge in [-0.25, -0.2) is 0 Å². The molecular weight excluding hydrogens is 226 g/mol. The van der Waals surface area contributed by atoms with Gasteiger partial charge in [0.15, 0.2) is 0 Å². The van der Waals surface area contributed by atoms with Gasteiger partial charge in [-0.05, 0) is 43.9 Å². The highest BCUT2D eigenvalue weighted by Gasteiger charge is 2.20. The van der Waals surface area contributed by atoms with Gasteiger partial charge in [0.05, 0.1) is 13.2 Å². The number of aryl methyl sites for hydroxylation is 1. The first-order valence-electron chi connectivity index (χ1n) is 7.10. The Labute approximate surface area is 110 Å². The molecule has 0 radical (unpaired) electrons. The Morgan fingerprint density at radius 2 is 2.22 bits per heavy atom. The molecule has 3 heteroatoms. The molecule has 1 aliphatic heterocycles. The molecule has 2 rings (SSSR count). The van der Waals surface area contributed by atoms with E-state index < -0.39 is 0 Å². The fourth-order valence-corrected chi connectivity index (χ4v) is 2.78. The minimum absolute atomic E-state index is 0.689. The number of nitrogens with zero attached hydrogens (tertiary/aromatic N) is 1. The zero-order valence-corrected chi connectivity index (χ0v) is 11.7. The van der Waals surface area contributed by atoms with Crippen molar-refractivity contribution in [1.82, 2.24) is 4.90 Å². The molecular formula is C15H25NO2. The van der Waals surface area contributed by atoms with Crippen molar-refractivity contribution in [3.05, 3.63) is 23.7 Å². The van der Waals surface area contributed by atoms with Crippen molar-refractivity contribution < 1.29 is 9.15 Å². The summed E-state index contributed by atoms with van der Waals surface area (Å²) in [7, 11) is 1.79. The molecule has 1 saturated heterocycles. The molecule has 2 heterocycles. The molecule has 1 aromatic heterocycles. The van der Waals surface area contributed by atoms with Crippen LogP contribution in [0.15, 0.2) is 16.5 Å². The first-order chi connectivity index (χ1) is 8.81. The SMILES string of the molecule is CCCc1ccc(CN2CCC[C@H](COC)C2)o1. The summed E-state index contributed by atoms with van der Waals surface area (Å²) in [6.45, 7) is 6.34. The van der Waals surface area contributed by atoms with Crippen molar-refractivity contribution in [2.75, 3.05) is 26.8 Å². The lowest BCUT2D eigenvalue weighted by atomic mass is 9.99. The summed E-state index contributed by atoms with van der Waals surface area (Å²) in [5.41, 5.74) is 0. The van der Waals surface area contributed by atoms with Crippen molar-refractivity contribution in [3.63, 3.8) is 0 Å². The standard InChI is InChI=1S/C15H25NO2/c1-3-5-14-7-8-15(18-14)11-16-9-4-6-13(10-16)12-17-2/h7-8,13H,3-6,9-12H2,1-2H3/t13-/m0/s1. The highest BCUT2D eigenvalue weighted by molar-refractivity contribution is 5.07. The van der Waals surface area contributed by atoms with Gasteiger partial charge in [-0.1, -0.05) is 6.92 Å². The molecule has 0 saturated carbocycles. The van der Waals surface area contributed by atoms with Crippen LogP contribution in [0.3, 0.4) is 0 Å². The van der Waals surface area contributed by atoms with E-state index in [0.717, 1.165) is 44.1 Å². The molecule has 1 atom stereocenters. The normalized spacial score (nSPS) is 21.3. The van der Waals surface area contributed by atoms with E-state index in [1.54, 1.807) is 7.11 Å². The van der Waals surface area contributed by atoms with Crippen LogP contribution in [0.5, 0.6) is 0 Å². The molecule has 0 aromatic carbocycles.